The van der Waals surface area contributed by atoms with Crippen molar-refractivity contribution < 1.29 is 4.52 Å². The fourth-order valence-corrected chi connectivity index (χ4v) is 2.64. The van der Waals surface area contributed by atoms with Crippen LogP contribution in [-0.4, -0.2) is 22.1 Å². The molecular formula is C19H20ClN3O. The Bertz CT molecular complexity index is 781. The third-order valence-corrected chi connectivity index (χ3v) is 4.11. The number of halogens is 1. The molecule has 2 aromatic carbocycles. The Kier molecular flexibility index (Phi) is 5.28. The lowest BCUT2D eigenvalue weighted by molar-refractivity contribution is 0.261. The summed E-state index contributed by atoms with van der Waals surface area (Å²) in [4.78, 5) is 6.62. The Hall–Kier alpha value is -2.17. The summed E-state index contributed by atoms with van der Waals surface area (Å²) in [5.74, 6) is 1.24. The zero-order chi connectivity index (χ0) is 16.9. The van der Waals surface area contributed by atoms with Gasteiger partial charge in [0.1, 0.15) is 0 Å². The third-order valence-electron chi connectivity index (χ3n) is 3.86. The van der Waals surface area contributed by atoms with Crippen LogP contribution in [0.4, 0.5) is 0 Å². The second-order valence-electron chi connectivity index (χ2n) is 5.86. The van der Waals surface area contributed by atoms with Gasteiger partial charge in [-0.2, -0.15) is 4.98 Å². The van der Waals surface area contributed by atoms with E-state index >= 15 is 0 Å². The number of nitrogens with zero attached hydrogens (tertiary/aromatic N) is 3. The van der Waals surface area contributed by atoms with Crippen molar-refractivity contribution in [3.8, 4) is 11.4 Å². The average Bonchev–Trinajstić information content (AvgIpc) is 3.05. The summed E-state index contributed by atoms with van der Waals surface area (Å²) in [6, 6.07) is 16.1. The van der Waals surface area contributed by atoms with Gasteiger partial charge >= 0.3 is 0 Å². The summed E-state index contributed by atoms with van der Waals surface area (Å²) in [5, 5.41) is 4.83. The van der Waals surface area contributed by atoms with Crippen LogP contribution < -0.4 is 0 Å². The van der Waals surface area contributed by atoms with E-state index in [1.54, 1.807) is 0 Å². The molecule has 24 heavy (non-hydrogen) atoms. The minimum absolute atomic E-state index is 0.600. The lowest BCUT2D eigenvalue weighted by atomic mass is 10.1. The molecule has 1 heterocycles. The van der Waals surface area contributed by atoms with Gasteiger partial charge in [-0.25, -0.2) is 0 Å². The van der Waals surface area contributed by atoms with Crippen molar-refractivity contribution >= 4 is 11.6 Å². The van der Waals surface area contributed by atoms with Crippen molar-refractivity contribution in [3.63, 3.8) is 0 Å². The Morgan fingerprint density at radius 3 is 2.29 bits per heavy atom. The molecule has 0 fully saturated rings. The van der Waals surface area contributed by atoms with E-state index < -0.39 is 0 Å². The van der Waals surface area contributed by atoms with Gasteiger partial charge in [-0.1, -0.05) is 60.1 Å². The number of hydrogen-bond acceptors (Lipinski definition) is 4. The second-order valence-corrected chi connectivity index (χ2v) is 6.30. The number of hydrogen-bond donors (Lipinski definition) is 0. The van der Waals surface area contributed by atoms with Gasteiger partial charge < -0.3 is 4.52 Å². The maximum atomic E-state index is 5.91. The predicted octanol–water partition coefficient (Wildman–Crippen LogP) is 4.58. The van der Waals surface area contributed by atoms with E-state index in [1.165, 1.54) is 11.1 Å². The molecule has 0 N–H and O–H groups in total. The summed E-state index contributed by atoms with van der Waals surface area (Å²) >= 11 is 5.91. The number of aryl methyl sites for hydroxylation is 1. The van der Waals surface area contributed by atoms with Crippen molar-refractivity contribution in [1.82, 2.24) is 15.0 Å². The van der Waals surface area contributed by atoms with E-state index in [9.17, 15) is 0 Å². The minimum Gasteiger partial charge on any atom is -0.338 e. The first kappa shape index (κ1) is 16.7. The van der Waals surface area contributed by atoms with Crippen LogP contribution >= 0.6 is 11.6 Å². The smallest absolute Gasteiger partial charge is 0.241 e. The summed E-state index contributed by atoms with van der Waals surface area (Å²) in [7, 11) is 2.02. The monoisotopic (exact) mass is 341 g/mol. The quantitative estimate of drug-likeness (QED) is 0.658. The standard InChI is InChI=1S/C19H20ClN3O/c1-3-14-4-8-16(9-5-14)19-21-18(24-22-19)13-23(2)12-15-6-10-17(20)11-7-15/h4-11H,3,12-13H2,1-2H3. The molecule has 4 nitrogen and oxygen atoms in total. The van der Waals surface area contributed by atoms with Crippen LogP contribution in [0.25, 0.3) is 11.4 Å². The number of aromatic nitrogens is 2. The van der Waals surface area contributed by atoms with Gasteiger partial charge in [0.05, 0.1) is 6.54 Å². The van der Waals surface area contributed by atoms with Gasteiger partial charge in [-0.15, -0.1) is 0 Å². The van der Waals surface area contributed by atoms with E-state index in [0.29, 0.717) is 18.3 Å². The highest BCUT2D eigenvalue weighted by molar-refractivity contribution is 6.30. The van der Waals surface area contributed by atoms with Crippen LogP contribution in [0, 0.1) is 0 Å². The fraction of sp³-hybridized carbons (Fsp3) is 0.263. The molecule has 5 heteroatoms. The lowest BCUT2D eigenvalue weighted by Gasteiger charge is -2.13. The Balaban J connectivity index is 1.63. The van der Waals surface area contributed by atoms with E-state index in [4.69, 9.17) is 16.1 Å². The van der Waals surface area contributed by atoms with Crippen LogP contribution in [0.3, 0.4) is 0 Å². The zero-order valence-corrected chi connectivity index (χ0v) is 14.6. The van der Waals surface area contributed by atoms with Crippen molar-refractivity contribution in [2.45, 2.75) is 26.4 Å². The molecule has 0 spiro atoms. The second kappa shape index (κ2) is 7.60. The minimum atomic E-state index is 0.600. The molecule has 0 aliphatic carbocycles. The van der Waals surface area contributed by atoms with Gasteiger partial charge in [0.2, 0.25) is 11.7 Å². The number of benzene rings is 2. The van der Waals surface area contributed by atoms with Crippen LogP contribution in [0.1, 0.15) is 23.9 Å². The van der Waals surface area contributed by atoms with Crippen LogP contribution in [-0.2, 0) is 19.5 Å². The molecule has 0 aliphatic heterocycles. The van der Waals surface area contributed by atoms with E-state index in [1.807, 2.05) is 43.4 Å². The van der Waals surface area contributed by atoms with Crippen molar-refractivity contribution in [1.29, 1.82) is 0 Å². The summed E-state index contributed by atoms with van der Waals surface area (Å²) in [5.41, 5.74) is 3.46. The van der Waals surface area contributed by atoms with Crippen molar-refractivity contribution in [3.05, 3.63) is 70.6 Å². The van der Waals surface area contributed by atoms with Crippen LogP contribution in [0.2, 0.25) is 5.02 Å². The van der Waals surface area contributed by atoms with Gasteiger partial charge in [0.25, 0.3) is 0 Å². The van der Waals surface area contributed by atoms with Gasteiger partial charge in [0, 0.05) is 17.1 Å². The molecule has 3 rings (SSSR count). The highest BCUT2D eigenvalue weighted by atomic mass is 35.5. The maximum Gasteiger partial charge on any atom is 0.241 e. The summed E-state index contributed by atoms with van der Waals surface area (Å²) in [6.07, 6.45) is 1.02. The highest BCUT2D eigenvalue weighted by Gasteiger charge is 2.11. The topological polar surface area (TPSA) is 42.2 Å². The molecule has 124 valence electrons. The van der Waals surface area contributed by atoms with E-state index in [-0.39, 0.29) is 0 Å². The van der Waals surface area contributed by atoms with Crippen molar-refractivity contribution in [2.24, 2.45) is 0 Å². The molecule has 0 saturated heterocycles. The maximum absolute atomic E-state index is 5.91. The first-order valence-electron chi connectivity index (χ1n) is 7.99. The molecule has 0 atom stereocenters. The molecular weight excluding hydrogens is 322 g/mol. The lowest BCUT2D eigenvalue weighted by Crippen LogP contribution is -2.17. The normalized spacial score (nSPS) is 11.2. The fourth-order valence-electron chi connectivity index (χ4n) is 2.51. The largest absolute Gasteiger partial charge is 0.338 e. The molecule has 0 saturated carbocycles. The van der Waals surface area contributed by atoms with Crippen LogP contribution in [0.15, 0.2) is 53.1 Å². The zero-order valence-electron chi connectivity index (χ0n) is 13.9. The molecule has 0 aliphatic rings. The van der Waals surface area contributed by atoms with Gasteiger partial charge in [-0.3, -0.25) is 4.90 Å². The van der Waals surface area contributed by atoms with Gasteiger partial charge in [0.15, 0.2) is 0 Å². The highest BCUT2D eigenvalue weighted by Crippen LogP contribution is 2.18. The van der Waals surface area contributed by atoms with E-state index in [2.05, 4.69) is 34.1 Å². The molecule has 0 radical (unpaired) electrons. The predicted molar refractivity (Wildman–Crippen MR) is 95.7 cm³/mol. The molecule has 0 amide bonds. The molecule has 1 aromatic heterocycles. The Labute approximate surface area is 147 Å². The average molecular weight is 342 g/mol. The molecule has 0 bridgehead atoms. The van der Waals surface area contributed by atoms with E-state index in [0.717, 1.165) is 23.6 Å². The Morgan fingerprint density at radius 2 is 1.62 bits per heavy atom. The SMILES string of the molecule is CCc1ccc(-c2noc(CN(C)Cc3ccc(Cl)cc3)n2)cc1. The number of rotatable bonds is 6. The molecule has 0 unspecified atom stereocenters. The van der Waals surface area contributed by atoms with Gasteiger partial charge in [-0.05, 0) is 36.7 Å². The summed E-state index contributed by atoms with van der Waals surface area (Å²) in [6.45, 7) is 3.53. The van der Waals surface area contributed by atoms with Crippen LogP contribution in [0.5, 0.6) is 0 Å². The first-order valence-corrected chi connectivity index (χ1v) is 8.36. The summed E-state index contributed by atoms with van der Waals surface area (Å²) < 4.78 is 5.38. The third kappa shape index (κ3) is 4.22. The Morgan fingerprint density at radius 1 is 0.958 bits per heavy atom. The molecule has 3 aromatic rings. The van der Waals surface area contributed by atoms with Crippen molar-refractivity contribution in [2.75, 3.05) is 7.05 Å². The first-order chi connectivity index (χ1) is 11.6.